The highest BCUT2D eigenvalue weighted by molar-refractivity contribution is 5.52. The summed E-state index contributed by atoms with van der Waals surface area (Å²) < 4.78 is 0. The van der Waals surface area contributed by atoms with Crippen molar-refractivity contribution in [2.24, 2.45) is 0 Å². The lowest BCUT2D eigenvalue weighted by atomic mass is 10.0. The largest absolute Gasteiger partial charge is 0.506 e. The van der Waals surface area contributed by atoms with Crippen molar-refractivity contribution in [2.75, 3.05) is 5.73 Å². The Morgan fingerprint density at radius 1 is 0.875 bits per heavy atom. The van der Waals surface area contributed by atoms with Crippen LogP contribution in [0, 0.1) is 0 Å². The minimum atomic E-state index is 0.172. The first-order valence-electron chi connectivity index (χ1n) is 5.37. The fourth-order valence-electron chi connectivity index (χ4n) is 1.68. The highest BCUT2D eigenvalue weighted by Gasteiger charge is 1.99. The zero-order chi connectivity index (χ0) is 11.4. The van der Waals surface area contributed by atoms with Gasteiger partial charge in [0.05, 0.1) is 5.69 Å². The molecule has 2 rings (SSSR count). The maximum absolute atomic E-state index is 9.47. The lowest BCUT2D eigenvalue weighted by molar-refractivity contribution is 0.477. The molecule has 0 fully saturated rings. The molecule has 0 unspecified atom stereocenters. The summed E-state index contributed by atoms with van der Waals surface area (Å²) in [7, 11) is 0. The summed E-state index contributed by atoms with van der Waals surface area (Å²) >= 11 is 0. The number of anilines is 1. The Morgan fingerprint density at radius 2 is 1.56 bits per heavy atom. The molecule has 0 bridgehead atoms. The smallest absolute Gasteiger partial charge is 0.138 e. The van der Waals surface area contributed by atoms with Gasteiger partial charge in [0.25, 0.3) is 0 Å². The SMILES string of the molecule is Nc1ccc(CCc2ccccc2)cc1O. The van der Waals surface area contributed by atoms with Crippen LogP contribution in [-0.2, 0) is 12.8 Å². The Kier molecular flexibility index (Phi) is 3.10. The van der Waals surface area contributed by atoms with Crippen molar-refractivity contribution >= 4 is 5.69 Å². The number of aryl methyl sites for hydroxylation is 2. The van der Waals surface area contributed by atoms with E-state index in [0.29, 0.717) is 5.69 Å². The molecule has 0 heterocycles. The first-order chi connectivity index (χ1) is 7.75. The number of nitrogens with two attached hydrogens (primary N) is 1. The monoisotopic (exact) mass is 213 g/mol. The van der Waals surface area contributed by atoms with Gasteiger partial charge in [0.1, 0.15) is 5.75 Å². The molecule has 3 N–H and O–H groups in total. The summed E-state index contributed by atoms with van der Waals surface area (Å²) in [6.45, 7) is 0. The molecule has 0 aliphatic rings. The van der Waals surface area contributed by atoms with Crippen molar-refractivity contribution in [3.8, 4) is 5.75 Å². The average molecular weight is 213 g/mol. The van der Waals surface area contributed by atoms with E-state index in [1.165, 1.54) is 5.56 Å². The van der Waals surface area contributed by atoms with Crippen LogP contribution in [0.5, 0.6) is 5.75 Å². The minimum Gasteiger partial charge on any atom is -0.506 e. The maximum Gasteiger partial charge on any atom is 0.138 e. The first-order valence-corrected chi connectivity index (χ1v) is 5.37. The van der Waals surface area contributed by atoms with E-state index >= 15 is 0 Å². The zero-order valence-electron chi connectivity index (χ0n) is 9.06. The molecule has 0 aliphatic carbocycles. The molecule has 0 aliphatic heterocycles. The van der Waals surface area contributed by atoms with E-state index in [1.54, 1.807) is 12.1 Å². The van der Waals surface area contributed by atoms with Gasteiger partial charge in [-0.25, -0.2) is 0 Å². The van der Waals surface area contributed by atoms with E-state index in [-0.39, 0.29) is 5.75 Å². The third-order valence-electron chi connectivity index (χ3n) is 2.64. The van der Waals surface area contributed by atoms with Gasteiger partial charge in [-0.3, -0.25) is 0 Å². The van der Waals surface area contributed by atoms with Crippen LogP contribution in [0.15, 0.2) is 48.5 Å². The number of phenolic OH excluding ortho intramolecular Hbond substituents is 1. The topological polar surface area (TPSA) is 46.2 Å². The summed E-state index contributed by atoms with van der Waals surface area (Å²) in [5.41, 5.74) is 8.39. The van der Waals surface area contributed by atoms with Gasteiger partial charge >= 0.3 is 0 Å². The molecular weight excluding hydrogens is 198 g/mol. The molecule has 0 atom stereocenters. The predicted octanol–water partition coefficient (Wildman–Crippen LogP) is 2.76. The van der Waals surface area contributed by atoms with Crippen LogP contribution in [0.4, 0.5) is 5.69 Å². The van der Waals surface area contributed by atoms with Crippen LogP contribution in [0.1, 0.15) is 11.1 Å². The second kappa shape index (κ2) is 4.71. The molecule has 0 saturated carbocycles. The zero-order valence-corrected chi connectivity index (χ0v) is 9.06. The third kappa shape index (κ3) is 2.54. The van der Waals surface area contributed by atoms with Gasteiger partial charge in [-0.05, 0) is 36.1 Å². The molecule has 2 aromatic carbocycles. The Balaban J connectivity index is 2.03. The highest BCUT2D eigenvalue weighted by Crippen LogP contribution is 2.21. The lowest BCUT2D eigenvalue weighted by Crippen LogP contribution is -1.92. The molecule has 0 spiro atoms. The number of aromatic hydroxyl groups is 1. The predicted molar refractivity (Wildman–Crippen MR) is 66.4 cm³/mol. The molecular formula is C14H15NO. The number of hydrogen-bond acceptors (Lipinski definition) is 2. The standard InChI is InChI=1S/C14H15NO/c15-13-9-8-12(10-14(13)16)7-6-11-4-2-1-3-5-11/h1-5,8-10,16H,6-7,15H2. The molecule has 82 valence electrons. The van der Waals surface area contributed by atoms with Gasteiger partial charge in [-0.15, -0.1) is 0 Å². The van der Waals surface area contributed by atoms with E-state index in [1.807, 2.05) is 24.3 Å². The van der Waals surface area contributed by atoms with Crippen molar-refractivity contribution in [1.82, 2.24) is 0 Å². The van der Waals surface area contributed by atoms with Crippen LogP contribution >= 0.6 is 0 Å². The van der Waals surface area contributed by atoms with Gasteiger partial charge < -0.3 is 10.8 Å². The fourth-order valence-corrected chi connectivity index (χ4v) is 1.68. The molecule has 2 heteroatoms. The van der Waals surface area contributed by atoms with Gasteiger partial charge in [0.15, 0.2) is 0 Å². The molecule has 16 heavy (non-hydrogen) atoms. The Labute approximate surface area is 95.4 Å². The maximum atomic E-state index is 9.47. The summed E-state index contributed by atoms with van der Waals surface area (Å²) in [6, 6.07) is 15.7. The van der Waals surface area contributed by atoms with Crippen LogP contribution < -0.4 is 5.73 Å². The molecule has 0 radical (unpaired) electrons. The van der Waals surface area contributed by atoms with Gasteiger partial charge in [0.2, 0.25) is 0 Å². The van der Waals surface area contributed by atoms with Crippen molar-refractivity contribution in [3.63, 3.8) is 0 Å². The minimum absolute atomic E-state index is 0.172. The van der Waals surface area contributed by atoms with Crippen LogP contribution in [0.3, 0.4) is 0 Å². The van der Waals surface area contributed by atoms with E-state index in [0.717, 1.165) is 18.4 Å². The molecule has 0 saturated heterocycles. The Morgan fingerprint density at radius 3 is 2.25 bits per heavy atom. The van der Waals surface area contributed by atoms with E-state index < -0.39 is 0 Å². The molecule has 0 aromatic heterocycles. The normalized spacial score (nSPS) is 10.2. The molecule has 0 amide bonds. The van der Waals surface area contributed by atoms with Crippen molar-refractivity contribution in [3.05, 3.63) is 59.7 Å². The Hall–Kier alpha value is -1.96. The second-order valence-corrected chi connectivity index (χ2v) is 3.88. The fraction of sp³-hybridized carbons (Fsp3) is 0.143. The summed E-state index contributed by atoms with van der Waals surface area (Å²) in [6.07, 6.45) is 1.89. The molecule has 2 nitrogen and oxygen atoms in total. The number of phenols is 1. The summed E-state index contributed by atoms with van der Waals surface area (Å²) in [4.78, 5) is 0. The Bertz CT molecular complexity index is 465. The van der Waals surface area contributed by atoms with Crippen LogP contribution in [0.25, 0.3) is 0 Å². The van der Waals surface area contributed by atoms with Gasteiger partial charge in [0, 0.05) is 0 Å². The average Bonchev–Trinajstić information content (AvgIpc) is 2.32. The number of rotatable bonds is 3. The van der Waals surface area contributed by atoms with Crippen molar-refractivity contribution in [1.29, 1.82) is 0 Å². The molecule has 2 aromatic rings. The van der Waals surface area contributed by atoms with Crippen LogP contribution in [0.2, 0.25) is 0 Å². The first kappa shape index (κ1) is 10.6. The highest BCUT2D eigenvalue weighted by atomic mass is 16.3. The second-order valence-electron chi connectivity index (χ2n) is 3.88. The van der Waals surface area contributed by atoms with Crippen LogP contribution in [-0.4, -0.2) is 5.11 Å². The van der Waals surface area contributed by atoms with E-state index in [4.69, 9.17) is 5.73 Å². The van der Waals surface area contributed by atoms with E-state index in [2.05, 4.69) is 12.1 Å². The lowest BCUT2D eigenvalue weighted by Gasteiger charge is -2.04. The van der Waals surface area contributed by atoms with Crippen molar-refractivity contribution < 1.29 is 5.11 Å². The van der Waals surface area contributed by atoms with Gasteiger partial charge in [-0.2, -0.15) is 0 Å². The number of hydrogen-bond donors (Lipinski definition) is 2. The quantitative estimate of drug-likeness (QED) is 0.608. The van der Waals surface area contributed by atoms with Crippen molar-refractivity contribution in [2.45, 2.75) is 12.8 Å². The third-order valence-corrected chi connectivity index (χ3v) is 2.64. The summed E-state index contributed by atoms with van der Waals surface area (Å²) in [5.74, 6) is 0.172. The summed E-state index contributed by atoms with van der Waals surface area (Å²) in [5, 5.41) is 9.47. The number of benzene rings is 2. The van der Waals surface area contributed by atoms with E-state index in [9.17, 15) is 5.11 Å². The number of nitrogen functional groups attached to an aromatic ring is 1. The van der Waals surface area contributed by atoms with Gasteiger partial charge in [-0.1, -0.05) is 36.4 Å².